The lowest BCUT2D eigenvalue weighted by Crippen LogP contribution is -2.39. The minimum absolute atomic E-state index is 0.0878. The normalized spacial score (nSPS) is 15.3. The standard InChI is InChI=1S/C25H26N2O4S/c1-18-8-14-23(15-9-18)32(29,30)26(3)21-10-12-22(13-11-21)31-17-25(28)27-19(2)16-20-6-4-5-7-24(20)27/h4-15,19H,16-17H2,1-3H3/t19-/m0/s1. The molecule has 0 fully saturated rings. The average Bonchev–Trinajstić information content (AvgIpc) is 3.13. The van der Waals surface area contributed by atoms with Gasteiger partial charge in [-0.25, -0.2) is 8.42 Å². The SMILES string of the molecule is Cc1ccc(S(=O)(=O)N(C)c2ccc(OCC(=O)N3c4ccccc4C[C@@H]3C)cc2)cc1. The van der Waals surface area contributed by atoms with Crippen molar-refractivity contribution in [1.82, 2.24) is 0 Å². The van der Waals surface area contributed by atoms with E-state index in [1.54, 1.807) is 53.4 Å². The van der Waals surface area contributed by atoms with Crippen LogP contribution < -0.4 is 13.9 Å². The van der Waals surface area contributed by atoms with Crippen molar-refractivity contribution in [2.45, 2.75) is 31.2 Å². The van der Waals surface area contributed by atoms with Crippen molar-refractivity contribution >= 4 is 27.3 Å². The van der Waals surface area contributed by atoms with Crippen LogP contribution in [0.5, 0.6) is 5.75 Å². The van der Waals surface area contributed by atoms with Gasteiger partial charge in [0.2, 0.25) is 0 Å². The summed E-state index contributed by atoms with van der Waals surface area (Å²) >= 11 is 0. The molecule has 0 radical (unpaired) electrons. The zero-order valence-electron chi connectivity index (χ0n) is 18.4. The van der Waals surface area contributed by atoms with Gasteiger partial charge in [-0.15, -0.1) is 0 Å². The number of para-hydroxylation sites is 1. The average molecular weight is 451 g/mol. The second-order valence-corrected chi connectivity index (χ2v) is 9.98. The lowest BCUT2D eigenvalue weighted by Gasteiger charge is -2.23. The van der Waals surface area contributed by atoms with Crippen LogP contribution in [0.2, 0.25) is 0 Å². The molecule has 1 heterocycles. The molecular formula is C25H26N2O4S. The summed E-state index contributed by atoms with van der Waals surface area (Å²) in [7, 11) is -2.15. The van der Waals surface area contributed by atoms with Crippen LogP contribution in [0.15, 0.2) is 77.7 Å². The number of hydrogen-bond acceptors (Lipinski definition) is 4. The fourth-order valence-corrected chi connectivity index (χ4v) is 5.12. The third kappa shape index (κ3) is 4.21. The smallest absolute Gasteiger partial charge is 0.265 e. The lowest BCUT2D eigenvalue weighted by atomic mass is 10.1. The molecule has 0 N–H and O–H groups in total. The van der Waals surface area contributed by atoms with Crippen molar-refractivity contribution in [3.05, 3.63) is 83.9 Å². The molecule has 0 spiro atoms. The first-order valence-electron chi connectivity index (χ1n) is 10.5. The number of anilines is 2. The van der Waals surface area contributed by atoms with Crippen LogP contribution in [0, 0.1) is 6.92 Å². The number of sulfonamides is 1. The number of benzene rings is 3. The van der Waals surface area contributed by atoms with Crippen molar-refractivity contribution in [3.8, 4) is 5.75 Å². The largest absolute Gasteiger partial charge is 0.484 e. The molecule has 166 valence electrons. The number of fused-ring (bicyclic) bond motifs is 1. The Morgan fingerprint density at radius 3 is 2.38 bits per heavy atom. The molecule has 3 aromatic carbocycles. The molecule has 1 amide bonds. The number of hydrogen-bond donors (Lipinski definition) is 0. The summed E-state index contributed by atoms with van der Waals surface area (Å²) in [5, 5.41) is 0. The highest BCUT2D eigenvalue weighted by molar-refractivity contribution is 7.92. The third-order valence-electron chi connectivity index (χ3n) is 5.72. The molecule has 1 aliphatic rings. The molecule has 0 aromatic heterocycles. The maximum Gasteiger partial charge on any atom is 0.265 e. The van der Waals surface area contributed by atoms with Crippen LogP contribution in [0.4, 0.5) is 11.4 Å². The molecular weight excluding hydrogens is 424 g/mol. The number of carbonyl (C=O) groups is 1. The van der Waals surface area contributed by atoms with E-state index >= 15 is 0 Å². The van der Waals surface area contributed by atoms with Gasteiger partial charge in [0.05, 0.1) is 10.6 Å². The summed E-state index contributed by atoms with van der Waals surface area (Å²) in [4.78, 5) is 14.8. The molecule has 3 aromatic rings. The summed E-state index contributed by atoms with van der Waals surface area (Å²) in [6.45, 7) is 3.85. The van der Waals surface area contributed by atoms with Gasteiger partial charge >= 0.3 is 0 Å². The van der Waals surface area contributed by atoms with E-state index in [9.17, 15) is 13.2 Å². The molecule has 7 heteroatoms. The zero-order chi connectivity index (χ0) is 22.9. The van der Waals surface area contributed by atoms with Gasteiger partial charge in [0.15, 0.2) is 6.61 Å². The minimum Gasteiger partial charge on any atom is -0.484 e. The second kappa shape index (κ2) is 8.67. The molecule has 0 saturated carbocycles. The van der Waals surface area contributed by atoms with E-state index < -0.39 is 10.0 Å². The van der Waals surface area contributed by atoms with Crippen molar-refractivity contribution in [2.24, 2.45) is 0 Å². The number of rotatable bonds is 6. The highest BCUT2D eigenvalue weighted by Crippen LogP contribution is 2.32. The van der Waals surface area contributed by atoms with Crippen molar-refractivity contribution < 1.29 is 17.9 Å². The summed E-state index contributed by atoms with van der Waals surface area (Å²) in [6, 6.07) is 21.4. The van der Waals surface area contributed by atoms with Crippen LogP contribution in [-0.4, -0.2) is 34.0 Å². The van der Waals surface area contributed by atoms with Gasteiger partial charge < -0.3 is 9.64 Å². The molecule has 0 bridgehead atoms. The predicted octanol–water partition coefficient (Wildman–Crippen LogP) is 4.18. The van der Waals surface area contributed by atoms with Gasteiger partial charge in [-0.2, -0.15) is 0 Å². The monoisotopic (exact) mass is 450 g/mol. The Hall–Kier alpha value is -3.32. The maximum atomic E-state index is 12.9. The first kappa shape index (κ1) is 21.9. The van der Waals surface area contributed by atoms with Gasteiger partial charge in [-0.1, -0.05) is 35.9 Å². The van der Waals surface area contributed by atoms with Gasteiger partial charge in [0.1, 0.15) is 5.75 Å². The molecule has 0 unspecified atom stereocenters. The van der Waals surface area contributed by atoms with Gasteiger partial charge in [0.25, 0.3) is 15.9 Å². The van der Waals surface area contributed by atoms with E-state index in [1.807, 2.05) is 38.1 Å². The Kier molecular flexibility index (Phi) is 5.93. The van der Waals surface area contributed by atoms with Crippen LogP contribution in [0.3, 0.4) is 0 Å². The van der Waals surface area contributed by atoms with E-state index in [2.05, 4.69) is 0 Å². The summed E-state index contributed by atoms with van der Waals surface area (Å²) in [5.74, 6) is 0.397. The van der Waals surface area contributed by atoms with Crippen molar-refractivity contribution in [3.63, 3.8) is 0 Å². The second-order valence-electron chi connectivity index (χ2n) is 8.01. The Bertz CT molecular complexity index is 1220. The van der Waals surface area contributed by atoms with E-state index in [0.29, 0.717) is 11.4 Å². The molecule has 1 atom stereocenters. The molecule has 1 aliphatic heterocycles. The molecule has 32 heavy (non-hydrogen) atoms. The Morgan fingerprint density at radius 2 is 1.69 bits per heavy atom. The minimum atomic E-state index is -3.66. The van der Waals surface area contributed by atoms with Gasteiger partial charge in [0, 0.05) is 18.8 Å². The lowest BCUT2D eigenvalue weighted by molar-refractivity contribution is -0.120. The summed E-state index contributed by atoms with van der Waals surface area (Å²) in [5.41, 5.74) is 3.60. The fourth-order valence-electron chi connectivity index (χ4n) is 3.92. The molecule has 0 saturated heterocycles. The Labute approximate surface area is 189 Å². The summed E-state index contributed by atoms with van der Waals surface area (Å²) < 4.78 is 32.7. The number of ether oxygens (including phenoxy) is 1. The topological polar surface area (TPSA) is 66.9 Å². The quantitative estimate of drug-likeness (QED) is 0.565. The van der Waals surface area contributed by atoms with E-state index in [4.69, 9.17) is 4.74 Å². The predicted molar refractivity (Wildman–Crippen MR) is 126 cm³/mol. The molecule has 6 nitrogen and oxygen atoms in total. The number of carbonyl (C=O) groups excluding carboxylic acids is 1. The van der Waals surface area contributed by atoms with Gasteiger partial charge in [-0.3, -0.25) is 9.10 Å². The van der Waals surface area contributed by atoms with Crippen molar-refractivity contribution in [2.75, 3.05) is 22.9 Å². The number of amides is 1. The molecule has 4 rings (SSSR count). The fraction of sp³-hybridized carbons (Fsp3) is 0.240. The van der Waals surface area contributed by atoms with Crippen LogP contribution in [0.1, 0.15) is 18.1 Å². The number of nitrogens with zero attached hydrogens (tertiary/aromatic N) is 2. The van der Waals surface area contributed by atoms with E-state index in [0.717, 1.165) is 23.2 Å². The Morgan fingerprint density at radius 1 is 1.03 bits per heavy atom. The number of aryl methyl sites for hydroxylation is 1. The summed E-state index contributed by atoms with van der Waals surface area (Å²) in [6.07, 6.45) is 0.832. The Balaban J connectivity index is 1.42. The first-order valence-corrected chi connectivity index (χ1v) is 11.9. The van der Waals surface area contributed by atoms with Crippen molar-refractivity contribution in [1.29, 1.82) is 0 Å². The van der Waals surface area contributed by atoms with E-state index in [-0.39, 0.29) is 23.5 Å². The van der Waals surface area contributed by atoms with Gasteiger partial charge in [-0.05, 0) is 68.3 Å². The van der Waals surface area contributed by atoms with Crippen LogP contribution >= 0.6 is 0 Å². The zero-order valence-corrected chi connectivity index (χ0v) is 19.2. The highest BCUT2D eigenvalue weighted by atomic mass is 32.2. The first-order chi connectivity index (χ1) is 15.3. The van der Waals surface area contributed by atoms with Crippen LogP contribution in [0.25, 0.3) is 0 Å². The third-order valence-corrected chi connectivity index (χ3v) is 7.52. The maximum absolute atomic E-state index is 12.9. The molecule has 0 aliphatic carbocycles. The van der Waals surface area contributed by atoms with Crippen LogP contribution in [-0.2, 0) is 21.2 Å². The van der Waals surface area contributed by atoms with E-state index in [1.165, 1.54) is 11.4 Å². The highest BCUT2D eigenvalue weighted by Gasteiger charge is 2.30.